The van der Waals surface area contributed by atoms with Crippen molar-refractivity contribution in [2.24, 2.45) is 0 Å². The third-order valence-corrected chi connectivity index (χ3v) is 9.16. The van der Waals surface area contributed by atoms with Gasteiger partial charge in [-0.1, -0.05) is 62.3 Å². The molecule has 0 saturated heterocycles. The third-order valence-electron chi connectivity index (χ3n) is 5.13. The zero-order chi connectivity index (χ0) is 22.3. The van der Waals surface area contributed by atoms with Crippen LogP contribution in [0.1, 0.15) is 46.0 Å². The number of benzene rings is 1. The zero-order valence-corrected chi connectivity index (χ0v) is 20.3. The van der Waals surface area contributed by atoms with Crippen LogP contribution < -0.4 is 10.6 Å². The van der Waals surface area contributed by atoms with Crippen molar-refractivity contribution in [1.82, 2.24) is 14.5 Å². The number of amides is 1. The Kier molecular flexibility index (Phi) is 8.70. The number of hydrogen-bond acceptors (Lipinski definition) is 8. The number of carbonyl (C=O) groups is 1. The fourth-order valence-corrected chi connectivity index (χ4v) is 6.65. The lowest BCUT2D eigenvalue weighted by atomic mass is 9.96. The van der Waals surface area contributed by atoms with E-state index >= 15 is 0 Å². The molecule has 0 unspecified atom stereocenters. The number of rotatable bonds is 10. The molecule has 1 aromatic heterocycles. The van der Waals surface area contributed by atoms with E-state index in [1.54, 1.807) is 32.0 Å². The Labute approximate surface area is 192 Å². The molecule has 170 valence electrons. The summed E-state index contributed by atoms with van der Waals surface area (Å²) in [5.41, 5.74) is 0.454. The van der Waals surface area contributed by atoms with E-state index in [1.165, 1.54) is 52.7 Å². The van der Waals surface area contributed by atoms with Crippen LogP contribution in [0.3, 0.4) is 0 Å². The summed E-state index contributed by atoms with van der Waals surface area (Å²) in [6, 6.07) is 6.81. The van der Waals surface area contributed by atoms with Gasteiger partial charge in [-0.05, 0) is 31.0 Å². The molecule has 3 rings (SSSR count). The Morgan fingerprint density at radius 2 is 1.94 bits per heavy atom. The van der Waals surface area contributed by atoms with Gasteiger partial charge in [-0.2, -0.15) is 4.31 Å². The van der Waals surface area contributed by atoms with Crippen molar-refractivity contribution in [3.63, 3.8) is 0 Å². The Morgan fingerprint density at radius 1 is 1.19 bits per heavy atom. The zero-order valence-electron chi connectivity index (χ0n) is 17.8. The van der Waals surface area contributed by atoms with Gasteiger partial charge in [0, 0.05) is 24.8 Å². The molecule has 2 aromatic rings. The first-order valence-electron chi connectivity index (χ1n) is 10.5. The molecule has 0 spiro atoms. The molecule has 1 saturated carbocycles. The molecule has 2 N–H and O–H groups in total. The minimum atomic E-state index is -3.57. The molecule has 0 atom stereocenters. The van der Waals surface area contributed by atoms with Crippen molar-refractivity contribution in [1.29, 1.82) is 0 Å². The molecule has 1 heterocycles. The molecule has 0 radical (unpaired) electrons. The molecule has 1 fully saturated rings. The molecule has 1 aromatic carbocycles. The number of aromatic nitrogens is 2. The number of hydrogen-bond donors (Lipinski definition) is 2. The van der Waals surface area contributed by atoms with E-state index in [2.05, 4.69) is 20.8 Å². The van der Waals surface area contributed by atoms with Crippen LogP contribution in [0.4, 0.5) is 10.8 Å². The second-order valence-electron chi connectivity index (χ2n) is 7.31. The fourth-order valence-electron chi connectivity index (χ4n) is 3.52. The van der Waals surface area contributed by atoms with Gasteiger partial charge >= 0.3 is 0 Å². The van der Waals surface area contributed by atoms with Crippen molar-refractivity contribution >= 4 is 49.8 Å². The minimum Gasteiger partial charge on any atom is -0.357 e. The summed E-state index contributed by atoms with van der Waals surface area (Å²) in [6.45, 7) is 4.39. The highest BCUT2D eigenvalue weighted by Crippen LogP contribution is 2.28. The second kappa shape index (κ2) is 11.3. The van der Waals surface area contributed by atoms with E-state index in [1.807, 2.05) is 0 Å². The van der Waals surface area contributed by atoms with Gasteiger partial charge in [0.15, 0.2) is 4.34 Å². The van der Waals surface area contributed by atoms with Gasteiger partial charge in [-0.25, -0.2) is 8.42 Å². The highest BCUT2D eigenvalue weighted by Gasteiger charge is 2.22. The van der Waals surface area contributed by atoms with Crippen LogP contribution in [0.2, 0.25) is 0 Å². The smallest absolute Gasteiger partial charge is 0.243 e. The van der Waals surface area contributed by atoms with Crippen molar-refractivity contribution in [2.75, 3.05) is 29.5 Å². The number of sulfonamides is 1. The second-order valence-corrected chi connectivity index (χ2v) is 11.4. The molecule has 1 aliphatic carbocycles. The lowest BCUT2D eigenvalue weighted by molar-refractivity contribution is -0.113. The van der Waals surface area contributed by atoms with Gasteiger partial charge < -0.3 is 10.6 Å². The highest BCUT2D eigenvalue weighted by molar-refractivity contribution is 8.01. The first kappa shape index (κ1) is 24.0. The maximum absolute atomic E-state index is 12.7. The lowest BCUT2D eigenvalue weighted by Gasteiger charge is -2.21. The molecular weight excluding hydrogens is 454 g/mol. The number of carbonyl (C=O) groups excluding carboxylic acids is 1. The molecule has 0 bridgehead atoms. The van der Waals surface area contributed by atoms with Crippen LogP contribution in [0, 0.1) is 0 Å². The third kappa shape index (κ3) is 6.64. The van der Waals surface area contributed by atoms with Gasteiger partial charge in [0.25, 0.3) is 0 Å². The largest absolute Gasteiger partial charge is 0.357 e. The van der Waals surface area contributed by atoms with Gasteiger partial charge in [0.2, 0.25) is 21.1 Å². The standard InChI is InChI=1S/C20H29N5O3S3/c1-3-25(4-2)31(27,28)17-12-8-11-16(13-17)21-18(26)14-29-20-24-23-19(30-20)22-15-9-6-5-7-10-15/h8,11-13,15H,3-7,9-10,14H2,1-2H3,(H,21,26)(H,22,23). The fraction of sp³-hybridized carbons (Fsp3) is 0.550. The van der Waals surface area contributed by atoms with Crippen LogP contribution >= 0.6 is 23.1 Å². The molecule has 1 amide bonds. The average molecular weight is 484 g/mol. The summed E-state index contributed by atoms with van der Waals surface area (Å²) in [6.07, 6.45) is 6.11. The topological polar surface area (TPSA) is 104 Å². The minimum absolute atomic E-state index is 0.171. The Balaban J connectivity index is 1.53. The Morgan fingerprint density at radius 3 is 2.65 bits per heavy atom. The normalized spacial score (nSPS) is 15.2. The van der Waals surface area contributed by atoms with E-state index in [0.29, 0.717) is 24.8 Å². The first-order chi connectivity index (χ1) is 14.9. The van der Waals surface area contributed by atoms with Gasteiger partial charge in [0.1, 0.15) is 0 Å². The summed E-state index contributed by atoms with van der Waals surface area (Å²) in [4.78, 5) is 12.5. The maximum Gasteiger partial charge on any atom is 0.243 e. The summed E-state index contributed by atoms with van der Waals surface area (Å²) in [5.74, 6) is -0.0511. The van der Waals surface area contributed by atoms with Crippen LogP contribution in [0.15, 0.2) is 33.5 Å². The molecular formula is C20H29N5O3S3. The molecule has 31 heavy (non-hydrogen) atoms. The van der Waals surface area contributed by atoms with E-state index in [4.69, 9.17) is 0 Å². The Hall–Kier alpha value is -1.69. The molecule has 8 nitrogen and oxygen atoms in total. The summed E-state index contributed by atoms with van der Waals surface area (Å²) in [5, 5.41) is 15.3. The van der Waals surface area contributed by atoms with Crippen molar-refractivity contribution in [3.8, 4) is 0 Å². The van der Waals surface area contributed by atoms with Crippen LogP contribution in [0.5, 0.6) is 0 Å². The van der Waals surface area contributed by atoms with E-state index in [9.17, 15) is 13.2 Å². The molecule has 0 aliphatic heterocycles. The Bertz CT molecular complexity index is 970. The van der Waals surface area contributed by atoms with Crippen LogP contribution in [-0.2, 0) is 14.8 Å². The van der Waals surface area contributed by atoms with E-state index in [0.717, 1.165) is 22.3 Å². The van der Waals surface area contributed by atoms with Gasteiger partial charge in [0.05, 0.1) is 10.6 Å². The highest BCUT2D eigenvalue weighted by atomic mass is 32.2. The quantitative estimate of drug-likeness (QED) is 0.491. The number of thioether (sulfide) groups is 1. The summed E-state index contributed by atoms with van der Waals surface area (Å²) < 4.78 is 27.5. The predicted molar refractivity (Wildman–Crippen MR) is 126 cm³/mol. The summed E-state index contributed by atoms with van der Waals surface area (Å²) >= 11 is 2.77. The van der Waals surface area contributed by atoms with Crippen LogP contribution in [0.25, 0.3) is 0 Å². The summed E-state index contributed by atoms with van der Waals surface area (Å²) in [7, 11) is -3.57. The van der Waals surface area contributed by atoms with Crippen molar-refractivity contribution in [3.05, 3.63) is 24.3 Å². The number of nitrogens with zero attached hydrogens (tertiary/aromatic N) is 3. The van der Waals surface area contributed by atoms with Crippen molar-refractivity contribution < 1.29 is 13.2 Å². The van der Waals surface area contributed by atoms with Crippen molar-refractivity contribution in [2.45, 2.75) is 61.2 Å². The lowest BCUT2D eigenvalue weighted by Crippen LogP contribution is -2.30. The number of anilines is 2. The number of nitrogens with one attached hydrogen (secondary N) is 2. The van der Waals surface area contributed by atoms with E-state index < -0.39 is 10.0 Å². The molecule has 11 heteroatoms. The van der Waals surface area contributed by atoms with E-state index in [-0.39, 0.29) is 16.6 Å². The SMILES string of the molecule is CCN(CC)S(=O)(=O)c1cccc(NC(=O)CSc2nnc(NC3CCCCC3)s2)c1. The molecule has 1 aliphatic rings. The van der Waals surface area contributed by atoms with Gasteiger partial charge in [-0.15, -0.1) is 10.2 Å². The monoisotopic (exact) mass is 483 g/mol. The maximum atomic E-state index is 12.7. The first-order valence-corrected chi connectivity index (χ1v) is 13.8. The van der Waals surface area contributed by atoms with Gasteiger partial charge in [-0.3, -0.25) is 4.79 Å². The predicted octanol–water partition coefficient (Wildman–Crippen LogP) is 4.04. The average Bonchev–Trinajstić information content (AvgIpc) is 3.21. The van der Waals surface area contributed by atoms with Crippen LogP contribution in [-0.4, -0.2) is 53.7 Å².